The van der Waals surface area contributed by atoms with Crippen LogP contribution in [0.5, 0.6) is 0 Å². The number of hydrogen-bond acceptors (Lipinski definition) is 16. The fourth-order valence-corrected chi connectivity index (χ4v) is 7.73. The van der Waals surface area contributed by atoms with Crippen molar-refractivity contribution in [2.45, 2.75) is 49.5 Å². The molecule has 0 saturated carbocycles. The van der Waals surface area contributed by atoms with Crippen molar-refractivity contribution in [1.82, 2.24) is 43.8 Å². The van der Waals surface area contributed by atoms with Gasteiger partial charge in [0.25, 0.3) is 5.56 Å². The zero-order chi connectivity index (χ0) is 31.0. The third-order valence-corrected chi connectivity index (χ3v) is 9.82. The second-order valence-electron chi connectivity index (χ2n) is 10.0. The Morgan fingerprint density at radius 1 is 1.05 bits per heavy atom. The molecule has 4 aromatic heterocycles. The van der Waals surface area contributed by atoms with E-state index in [9.17, 15) is 17.8 Å². The van der Waals surface area contributed by atoms with Crippen molar-refractivity contribution in [1.29, 1.82) is 0 Å². The Morgan fingerprint density at radius 3 is 2.59 bits per heavy atom. The molecular weight excluding hydrogens is 652 g/mol. The number of nitrogens with two attached hydrogens (primary N) is 2. The summed E-state index contributed by atoms with van der Waals surface area (Å²) in [6.07, 6.45) is -6.28. The molecule has 7 heterocycles. The zero-order valence-corrected chi connectivity index (χ0v) is 24.6. The SMILES string of the molecule is Nc1nc2c(ncn2[C@@H]2O[C@@H]3CO[P@@](=O)(S)O[C@H]4[C@@H](F)[C@H](n5cnc6c(N)ncnc65)O[C@@H]4CNS(=O)(=O)O[C@@H]2C3)c(=O)[nH]1. The zero-order valence-electron chi connectivity index (χ0n) is 22.0. The van der Waals surface area contributed by atoms with Crippen molar-refractivity contribution >= 4 is 63.4 Å². The van der Waals surface area contributed by atoms with Crippen LogP contribution in [0.1, 0.15) is 18.9 Å². The smallest absolute Gasteiger partial charge is 0.382 e. The van der Waals surface area contributed by atoms with Gasteiger partial charge in [-0.2, -0.15) is 18.1 Å². The van der Waals surface area contributed by atoms with E-state index in [0.717, 1.165) is 6.33 Å². The quantitative estimate of drug-likeness (QED) is 0.130. The number of alkyl halides is 1. The van der Waals surface area contributed by atoms with Crippen molar-refractivity contribution in [2.24, 2.45) is 0 Å². The summed E-state index contributed by atoms with van der Waals surface area (Å²) in [6.45, 7) is -5.30. The first-order valence-corrected chi connectivity index (χ1v) is 16.9. The van der Waals surface area contributed by atoms with E-state index in [1.807, 2.05) is 0 Å². The lowest BCUT2D eigenvalue weighted by molar-refractivity contribution is -0.0439. The number of fused-ring (bicyclic) bond motifs is 5. The molecule has 236 valence electrons. The largest absolute Gasteiger partial charge is 0.386 e. The van der Waals surface area contributed by atoms with E-state index < -0.39 is 78.9 Å². The summed E-state index contributed by atoms with van der Waals surface area (Å²) in [4.78, 5) is 34.7. The predicted octanol–water partition coefficient (Wildman–Crippen LogP) is -0.680. The van der Waals surface area contributed by atoms with E-state index in [-0.39, 0.29) is 40.5 Å². The Balaban J connectivity index is 1.19. The van der Waals surface area contributed by atoms with Gasteiger partial charge in [0.2, 0.25) is 5.95 Å². The molecule has 0 unspecified atom stereocenters. The summed E-state index contributed by atoms with van der Waals surface area (Å²) >= 11 is 4.02. The minimum absolute atomic E-state index is 0.00220. The highest BCUT2D eigenvalue weighted by Crippen LogP contribution is 2.57. The van der Waals surface area contributed by atoms with Gasteiger partial charge in [-0.3, -0.25) is 28.0 Å². The maximum atomic E-state index is 15.9. The van der Waals surface area contributed by atoms with Crippen molar-refractivity contribution in [3.63, 3.8) is 0 Å². The number of nitrogen functional groups attached to an aromatic ring is 2. The average Bonchev–Trinajstić information content (AvgIpc) is 3.72. The highest BCUT2D eigenvalue weighted by Gasteiger charge is 2.51. The molecule has 0 spiro atoms. The lowest BCUT2D eigenvalue weighted by Gasteiger charge is -2.24. The molecule has 6 N–H and O–H groups in total. The molecule has 3 fully saturated rings. The number of imidazole rings is 2. The van der Waals surface area contributed by atoms with Crippen LogP contribution in [0.2, 0.25) is 0 Å². The standard InChI is InChI=1S/C20H23FN11O9PS2/c21-10-13-9(39-19(10)31-5-26-11-14(22)24-4-25-15(11)31)2-28-44(35,36)41-8-1-7(3-37-42(34,43)40-13)38-18(8)32-6-27-12-16(32)29-20(23)30-17(12)33/h4-10,13,18-19,28H,1-3H2,(H,34,43)(H2,22,24,25)(H3,23,29,30,33)/t7-,8+,9+,10+,13+,18+,19+,42+/m0/s1. The number of H-pyrrole nitrogens is 1. The lowest BCUT2D eigenvalue weighted by Crippen LogP contribution is -2.41. The van der Waals surface area contributed by atoms with Crippen LogP contribution in [0, 0.1) is 0 Å². The summed E-state index contributed by atoms with van der Waals surface area (Å²) in [5.41, 5.74) is 11.1. The van der Waals surface area contributed by atoms with Crippen LogP contribution < -0.4 is 21.7 Å². The van der Waals surface area contributed by atoms with E-state index in [1.165, 1.54) is 21.8 Å². The van der Waals surface area contributed by atoms with Gasteiger partial charge in [-0.1, -0.05) is 12.2 Å². The number of nitrogens with one attached hydrogen (secondary N) is 2. The number of rotatable bonds is 2. The molecule has 3 saturated heterocycles. The van der Waals surface area contributed by atoms with Gasteiger partial charge in [-0.15, -0.1) is 0 Å². The Morgan fingerprint density at radius 2 is 1.80 bits per heavy atom. The highest BCUT2D eigenvalue weighted by molar-refractivity contribution is 8.44. The lowest BCUT2D eigenvalue weighted by atomic mass is 10.1. The first kappa shape index (κ1) is 29.4. The monoisotopic (exact) mass is 675 g/mol. The Kier molecular flexibility index (Phi) is 7.13. The summed E-state index contributed by atoms with van der Waals surface area (Å²) in [5, 5.41) is 0. The molecule has 0 amide bonds. The molecule has 4 aromatic rings. The van der Waals surface area contributed by atoms with Crippen LogP contribution in [0.25, 0.3) is 22.3 Å². The van der Waals surface area contributed by atoms with Gasteiger partial charge in [0.15, 0.2) is 41.3 Å². The van der Waals surface area contributed by atoms with Crippen molar-refractivity contribution in [3.05, 3.63) is 29.3 Å². The number of aromatic amines is 1. The van der Waals surface area contributed by atoms with Crippen molar-refractivity contribution in [2.75, 3.05) is 24.6 Å². The normalized spacial score (nSPS) is 34.4. The molecule has 20 nitrogen and oxygen atoms in total. The van der Waals surface area contributed by atoms with Crippen molar-refractivity contribution in [3.8, 4) is 0 Å². The first-order valence-electron chi connectivity index (χ1n) is 12.8. The van der Waals surface area contributed by atoms with Gasteiger partial charge < -0.3 is 20.9 Å². The number of thiol groups is 1. The van der Waals surface area contributed by atoms with Crippen LogP contribution >= 0.6 is 19.0 Å². The van der Waals surface area contributed by atoms with Crippen LogP contribution in [-0.4, -0.2) is 91.2 Å². The fourth-order valence-electron chi connectivity index (χ4n) is 5.29. The number of nitrogens with zero attached hydrogens (tertiary/aromatic N) is 7. The molecule has 0 aromatic carbocycles. The summed E-state index contributed by atoms with van der Waals surface area (Å²) in [7, 11) is -4.57. The maximum absolute atomic E-state index is 15.9. The van der Waals surface area contributed by atoms with E-state index in [2.05, 4.69) is 46.9 Å². The summed E-state index contributed by atoms with van der Waals surface area (Å²) in [5.74, 6) is -0.164. The molecule has 24 heteroatoms. The average molecular weight is 676 g/mol. The molecule has 0 aliphatic carbocycles. The molecule has 3 aliphatic rings. The van der Waals surface area contributed by atoms with Crippen molar-refractivity contribution < 1.29 is 40.1 Å². The van der Waals surface area contributed by atoms with E-state index in [1.54, 1.807) is 0 Å². The molecule has 7 rings (SSSR count). The number of aromatic nitrogens is 8. The van der Waals surface area contributed by atoms with Crippen LogP contribution in [-0.2, 0) is 37.6 Å². The van der Waals surface area contributed by atoms with Gasteiger partial charge in [-0.25, -0.2) is 33.1 Å². The number of hydrogen-bond donors (Lipinski definition) is 5. The number of anilines is 2. The van der Waals surface area contributed by atoms with Gasteiger partial charge in [0.05, 0.1) is 25.4 Å². The third kappa shape index (κ3) is 5.22. The molecule has 44 heavy (non-hydrogen) atoms. The van der Waals surface area contributed by atoms with E-state index in [4.69, 9.17) is 34.2 Å². The van der Waals surface area contributed by atoms with Crippen LogP contribution in [0.4, 0.5) is 16.2 Å². The van der Waals surface area contributed by atoms with Gasteiger partial charge in [0.1, 0.15) is 30.2 Å². The highest BCUT2D eigenvalue weighted by atomic mass is 32.7. The maximum Gasteiger partial charge on any atom is 0.386 e. The molecule has 8 atom stereocenters. The topological polar surface area (TPSA) is 269 Å². The summed E-state index contributed by atoms with van der Waals surface area (Å²) < 4.78 is 88.4. The van der Waals surface area contributed by atoms with Gasteiger partial charge in [-0.05, 0) is 0 Å². The Bertz CT molecular complexity index is 1980. The minimum Gasteiger partial charge on any atom is -0.382 e. The van der Waals surface area contributed by atoms with Gasteiger partial charge in [0, 0.05) is 13.0 Å². The molecule has 3 aliphatic heterocycles. The van der Waals surface area contributed by atoms with Crippen LogP contribution in [0.15, 0.2) is 23.8 Å². The van der Waals surface area contributed by atoms with E-state index in [0.29, 0.717) is 0 Å². The second-order valence-corrected chi connectivity index (χ2v) is 14.3. The second kappa shape index (κ2) is 10.7. The van der Waals surface area contributed by atoms with Crippen LogP contribution in [0.3, 0.4) is 0 Å². The van der Waals surface area contributed by atoms with Gasteiger partial charge >= 0.3 is 17.1 Å². The molecular formula is C20H23FN11O9PS2. The minimum atomic E-state index is -4.57. The Hall–Kier alpha value is -3.28. The Labute approximate surface area is 250 Å². The number of ether oxygens (including phenoxy) is 2. The molecule has 0 radical (unpaired) electrons. The number of halogens is 1. The third-order valence-electron chi connectivity index (χ3n) is 7.19. The fraction of sp³-hybridized carbons (Fsp3) is 0.500. The first-order chi connectivity index (χ1) is 20.9. The summed E-state index contributed by atoms with van der Waals surface area (Å²) in [6, 6.07) is 0. The molecule has 2 bridgehead atoms. The van der Waals surface area contributed by atoms with E-state index >= 15 is 4.39 Å². The predicted molar refractivity (Wildman–Crippen MR) is 149 cm³/mol.